The highest BCUT2D eigenvalue weighted by Gasteiger charge is 2.15. The van der Waals surface area contributed by atoms with Crippen molar-refractivity contribution in [3.05, 3.63) is 59.2 Å². The number of hydrogen-bond donors (Lipinski definition) is 4. The number of aliphatic hydroxyl groups excluding tert-OH is 1. The molecule has 0 bridgehead atoms. The Morgan fingerprint density at radius 1 is 1.21 bits per heavy atom. The van der Waals surface area contributed by atoms with Crippen LogP contribution < -0.4 is 5.32 Å². The minimum Gasteiger partial charge on any atom is -0.612 e. The average molecular weight is 422 g/mol. The van der Waals surface area contributed by atoms with Crippen molar-refractivity contribution in [1.29, 1.82) is 0 Å². The van der Waals surface area contributed by atoms with Gasteiger partial charge in [0.05, 0.1) is 18.3 Å². The molecule has 0 aliphatic heterocycles. The van der Waals surface area contributed by atoms with E-state index < -0.39 is 23.2 Å². The lowest BCUT2D eigenvalue weighted by Crippen LogP contribution is -2.23. The molecule has 0 radical (unpaired) electrons. The molecule has 4 N–H and O–H groups in total. The van der Waals surface area contributed by atoms with E-state index in [0.717, 1.165) is 24.9 Å². The standard InChI is InChI=1S/C21H27NO6S/c1-29(27)20-12-17(8-9-18(20)23)19(24)13-22-10-2-3-11-28-14-15-4-6-16(7-5-15)21(25)26/h4-9,12,19,22-24H,2-3,10-11,13-14H2,1H3,(H,25,26). The number of aromatic carboxylic acids is 1. The van der Waals surface area contributed by atoms with Crippen molar-refractivity contribution in [2.75, 3.05) is 26.0 Å². The molecule has 158 valence electrons. The minimum absolute atomic E-state index is 0.0347. The maximum Gasteiger partial charge on any atom is 0.335 e. The van der Waals surface area contributed by atoms with Crippen molar-refractivity contribution in [3.63, 3.8) is 0 Å². The van der Waals surface area contributed by atoms with Crippen molar-refractivity contribution in [1.82, 2.24) is 5.32 Å². The van der Waals surface area contributed by atoms with Crippen LogP contribution in [0.25, 0.3) is 0 Å². The first kappa shape index (κ1) is 23.2. The Labute approximate surface area is 173 Å². The summed E-state index contributed by atoms with van der Waals surface area (Å²) in [5, 5.41) is 32.0. The largest absolute Gasteiger partial charge is 0.612 e. The van der Waals surface area contributed by atoms with E-state index in [-0.39, 0.29) is 11.3 Å². The molecule has 2 aromatic rings. The summed E-state index contributed by atoms with van der Waals surface area (Å²) in [5.41, 5.74) is 1.80. The van der Waals surface area contributed by atoms with E-state index >= 15 is 0 Å². The number of nitrogens with one attached hydrogen (secondary N) is 1. The van der Waals surface area contributed by atoms with E-state index in [2.05, 4.69) is 5.32 Å². The van der Waals surface area contributed by atoms with Crippen LogP contribution in [0.15, 0.2) is 47.4 Å². The van der Waals surface area contributed by atoms with Gasteiger partial charge in [-0.1, -0.05) is 18.2 Å². The van der Waals surface area contributed by atoms with Crippen LogP contribution in [0.2, 0.25) is 0 Å². The van der Waals surface area contributed by atoms with Gasteiger partial charge in [0.1, 0.15) is 6.26 Å². The van der Waals surface area contributed by atoms with E-state index in [9.17, 15) is 19.6 Å². The fourth-order valence-electron chi connectivity index (χ4n) is 2.71. The first-order valence-electron chi connectivity index (χ1n) is 9.33. The summed E-state index contributed by atoms with van der Waals surface area (Å²) in [6.45, 7) is 2.11. The number of rotatable bonds is 12. The lowest BCUT2D eigenvalue weighted by molar-refractivity contribution is 0.0696. The number of aromatic hydroxyl groups is 1. The predicted molar refractivity (Wildman–Crippen MR) is 111 cm³/mol. The number of phenolic OH excluding ortho intramolecular Hbond substituents is 1. The second-order valence-electron chi connectivity index (χ2n) is 6.66. The second-order valence-corrected chi connectivity index (χ2v) is 8.01. The van der Waals surface area contributed by atoms with Gasteiger partial charge in [-0.25, -0.2) is 4.79 Å². The number of hydrogen-bond acceptors (Lipinski definition) is 6. The maximum absolute atomic E-state index is 11.6. The summed E-state index contributed by atoms with van der Waals surface area (Å²) in [6, 6.07) is 11.2. The van der Waals surface area contributed by atoms with E-state index in [1.165, 1.54) is 12.3 Å². The zero-order chi connectivity index (χ0) is 21.2. The van der Waals surface area contributed by atoms with Gasteiger partial charge in [0.25, 0.3) is 0 Å². The molecule has 0 spiro atoms. The van der Waals surface area contributed by atoms with E-state index in [1.54, 1.807) is 36.4 Å². The molecule has 0 saturated heterocycles. The van der Waals surface area contributed by atoms with Gasteiger partial charge in [-0.05, 0) is 59.9 Å². The van der Waals surface area contributed by atoms with Crippen molar-refractivity contribution in [3.8, 4) is 5.75 Å². The Hall–Kier alpha value is -2.10. The Bertz CT molecular complexity index is 781. The molecule has 0 fully saturated rings. The normalized spacial score (nSPS) is 13.2. The molecule has 0 heterocycles. The number of benzene rings is 2. The van der Waals surface area contributed by atoms with Gasteiger partial charge in [0.15, 0.2) is 10.6 Å². The minimum atomic E-state index is -1.32. The van der Waals surface area contributed by atoms with Gasteiger partial charge in [0.2, 0.25) is 0 Å². The van der Waals surface area contributed by atoms with Crippen LogP contribution in [0.1, 0.15) is 40.4 Å². The van der Waals surface area contributed by atoms with Crippen LogP contribution in [0.3, 0.4) is 0 Å². The topological polar surface area (TPSA) is 122 Å². The zero-order valence-electron chi connectivity index (χ0n) is 16.3. The van der Waals surface area contributed by atoms with Crippen LogP contribution in [0.4, 0.5) is 0 Å². The molecule has 0 saturated carbocycles. The molecular formula is C21H27NO6S. The Morgan fingerprint density at radius 3 is 2.59 bits per heavy atom. The van der Waals surface area contributed by atoms with Crippen LogP contribution in [-0.4, -0.2) is 51.8 Å². The molecule has 2 unspecified atom stereocenters. The van der Waals surface area contributed by atoms with Gasteiger partial charge in [0, 0.05) is 19.2 Å². The van der Waals surface area contributed by atoms with Gasteiger partial charge < -0.3 is 29.9 Å². The predicted octanol–water partition coefficient (Wildman–Crippen LogP) is 2.45. The first-order chi connectivity index (χ1) is 13.9. The summed E-state index contributed by atoms with van der Waals surface area (Å²) in [7, 11) is 0. The Balaban J connectivity index is 1.59. The molecule has 0 aliphatic carbocycles. The summed E-state index contributed by atoms with van der Waals surface area (Å²) >= 11 is -1.32. The third-order valence-corrected chi connectivity index (χ3v) is 5.32. The number of phenols is 1. The number of aliphatic hydroxyl groups is 1. The highest BCUT2D eigenvalue weighted by atomic mass is 32.2. The third kappa shape index (κ3) is 7.68. The lowest BCUT2D eigenvalue weighted by Gasteiger charge is -2.14. The smallest absolute Gasteiger partial charge is 0.335 e. The maximum atomic E-state index is 11.6. The van der Waals surface area contributed by atoms with Crippen LogP contribution in [0.5, 0.6) is 5.75 Å². The van der Waals surface area contributed by atoms with Crippen LogP contribution >= 0.6 is 0 Å². The molecule has 0 aromatic heterocycles. The van der Waals surface area contributed by atoms with Gasteiger partial charge >= 0.3 is 5.97 Å². The van der Waals surface area contributed by atoms with Crippen molar-refractivity contribution in [2.45, 2.75) is 30.4 Å². The van der Waals surface area contributed by atoms with Gasteiger partial charge in [-0.3, -0.25) is 0 Å². The molecule has 8 heteroatoms. The molecule has 0 amide bonds. The SMILES string of the molecule is C[S+]([O-])c1cc(C(O)CNCCCCOCc2ccc(C(=O)O)cc2)ccc1O. The summed E-state index contributed by atoms with van der Waals surface area (Å²) in [5.74, 6) is -0.978. The van der Waals surface area contributed by atoms with E-state index in [1.807, 2.05) is 0 Å². The zero-order valence-corrected chi connectivity index (χ0v) is 17.2. The fraction of sp³-hybridized carbons (Fsp3) is 0.381. The van der Waals surface area contributed by atoms with Crippen molar-refractivity contribution >= 4 is 17.1 Å². The lowest BCUT2D eigenvalue weighted by atomic mass is 10.1. The monoisotopic (exact) mass is 421 g/mol. The third-order valence-electron chi connectivity index (χ3n) is 4.38. The first-order valence-corrected chi connectivity index (χ1v) is 10.9. The Kier molecular flexibility index (Phi) is 9.43. The highest BCUT2D eigenvalue weighted by Crippen LogP contribution is 2.26. The van der Waals surface area contributed by atoms with Crippen LogP contribution in [0, 0.1) is 0 Å². The molecular weight excluding hydrogens is 394 g/mol. The quantitative estimate of drug-likeness (QED) is 0.307. The molecule has 2 rings (SSSR count). The Morgan fingerprint density at radius 2 is 1.93 bits per heavy atom. The fourth-order valence-corrected chi connectivity index (χ4v) is 3.38. The summed E-state index contributed by atoms with van der Waals surface area (Å²) in [6.07, 6.45) is 2.47. The van der Waals surface area contributed by atoms with Crippen molar-refractivity contribution < 1.29 is 29.4 Å². The molecule has 7 nitrogen and oxygen atoms in total. The average Bonchev–Trinajstić information content (AvgIpc) is 2.70. The summed E-state index contributed by atoms with van der Waals surface area (Å²) < 4.78 is 17.2. The molecule has 2 atom stereocenters. The molecule has 29 heavy (non-hydrogen) atoms. The number of carboxylic acid groups (broad SMARTS) is 1. The van der Waals surface area contributed by atoms with E-state index in [0.29, 0.717) is 30.2 Å². The van der Waals surface area contributed by atoms with Crippen molar-refractivity contribution in [2.24, 2.45) is 0 Å². The van der Waals surface area contributed by atoms with Gasteiger partial charge in [-0.15, -0.1) is 0 Å². The highest BCUT2D eigenvalue weighted by molar-refractivity contribution is 7.90. The number of unbranched alkanes of at least 4 members (excludes halogenated alkanes) is 1. The molecule has 0 aliphatic rings. The number of carbonyl (C=O) groups is 1. The molecule has 2 aromatic carbocycles. The number of carboxylic acids is 1. The van der Waals surface area contributed by atoms with E-state index in [4.69, 9.17) is 9.84 Å². The van der Waals surface area contributed by atoms with Gasteiger partial charge in [-0.2, -0.15) is 0 Å². The second kappa shape index (κ2) is 11.8. The van der Waals surface area contributed by atoms with Crippen LogP contribution in [-0.2, 0) is 22.5 Å². The number of ether oxygens (including phenoxy) is 1. The summed E-state index contributed by atoms with van der Waals surface area (Å²) in [4.78, 5) is 11.1.